The highest BCUT2D eigenvalue weighted by atomic mass is 31.2. The SMILES string of the molecule is CC.CC.CCO.COP(O)/C=C(\C)c1ccc(C)cc1C. The van der Waals surface area contributed by atoms with Gasteiger partial charge < -0.3 is 14.5 Å². The quantitative estimate of drug-likeness (QED) is 0.702. The first-order valence-corrected chi connectivity index (χ1v) is 9.13. The lowest BCUT2D eigenvalue weighted by molar-refractivity contribution is 0.318. The molecule has 1 unspecified atom stereocenters. The Balaban J connectivity index is -0.000000446. The molecule has 0 spiro atoms. The number of allylic oxidation sites excluding steroid dienone is 1. The average Bonchev–Trinajstić information content (AvgIpc) is 2.51. The number of rotatable bonds is 3. The number of hydrogen-bond donors (Lipinski definition) is 2. The molecule has 0 bridgehead atoms. The van der Waals surface area contributed by atoms with Crippen LogP contribution in [0.1, 0.15) is 58.2 Å². The molecule has 1 aromatic rings. The topological polar surface area (TPSA) is 49.7 Å². The minimum Gasteiger partial charge on any atom is -0.397 e. The van der Waals surface area contributed by atoms with Gasteiger partial charge in [-0.15, -0.1) is 0 Å². The van der Waals surface area contributed by atoms with Crippen molar-refractivity contribution in [3.05, 3.63) is 40.7 Å². The minimum atomic E-state index is -1.42. The second-order valence-corrected chi connectivity index (χ2v) is 5.16. The van der Waals surface area contributed by atoms with Gasteiger partial charge in [0.25, 0.3) is 0 Å². The Bertz CT molecular complexity index is 390. The maximum absolute atomic E-state index is 9.40. The lowest BCUT2D eigenvalue weighted by Gasteiger charge is -2.09. The van der Waals surface area contributed by atoms with E-state index in [-0.39, 0.29) is 6.61 Å². The summed E-state index contributed by atoms with van der Waals surface area (Å²) in [6.45, 7) is 16.1. The summed E-state index contributed by atoms with van der Waals surface area (Å²) in [4.78, 5) is 9.40. The van der Waals surface area contributed by atoms with Crippen LogP contribution in [0.5, 0.6) is 0 Å². The predicted molar refractivity (Wildman–Crippen MR) is 101 cm³/mol. The van der Waals surface area contributed by atoms with Crippen LogP contribution < -0.4 is 0 Å². The highest BCUT2D eigenvalue weighted by Crippen LogP contribution is 2.36. The summed E-state index contributed by atoms with van der Waals surface area (Å²) in [6, 6.07) is 6.29. The van der Waals surface area contributed by atoms with Crippen molar-refractivity contribution in [1.82, 2.24) is 0 Å². The summed E-state index contributed by atoms with van der Waals surface area (Å²) in [7, 11) is 0.0879. The molecule has 0 saturated heterocycles. The third-order valence-corrected chi connectivity index (χ3v) is 3.28. The fraction of sp³-hybridized carbons (Fsp3) is 0.556. The van der Waals surface area contributed by atoms with E-state index in [1.165, 1.54) is 23.8 Å². The summed E-state index contributed by atoms with van der Waals surface area (Å²) in [5.74, 6) is 1.77. The second kappa shape index (κ2) is 18.3. The monoisotopic (exact) mass is 330 g/mol. The Morgan fingerprint density at radius 2 is 1.64 bits per heavy atom. The molecule has 22 heavy (non-hydrogen) atoms. The van der Waals surface area contributed by atoms with E-state index >= 15 is 0 Å². The number of aliphatic hydroxyl groups excluding tert-OH is 1. The molecule has 3 nitrogen and oxygen atoms in total. The first-order chi connectivity index (χ1) is 10.5. The molecule has 130 valence electrons. The van der Waals surface area contributed by atoms with Gasteiger partial charge in [0, 0.05) is 13.7 Å². The molecule has 1 rings (SSSR count). The van der Waals surface area contributed by atoms with Crippen LogP contribution in [0, 0.1) is 13.8 Å². The van der Waals surface area contributed by atoms with Gasteiger partial charge in [0.1, 0.15) is 0 Å². The van der Waals surface area contributed by atoms with Gasteiger partial charge in [-0.05, 0) is 50.2 Å². The van der Waals surface area contributed by atoms with E-state index in [1.807, 2.05) is 34.6 Å². The van der Waals surface area contributed by atoms with Crippen LogP contribution >= 0.6 is 8.38 Å². The van der Waals surface area contributed by atoms with Gasteiger partial charge in [0.05, 0.1) is 0 Å². The Morgan fingerprint density at radius 1 is 1.18 bits per heavy atom. The molecule has 0 amide bonds. The summed E-state index contributed by atoms with van der Waals surface area (Å²) < 4.78 is 4.85. The maximum Gasteiger partial charge on any atom is 0.194 e. The van der Waals surface area contributed by atoms with Crippen LogP contribution in [0.25, 0.3) is 5.57 Å². The molecule has 0 heterocycles. The first-order valence-electron chi connectivity index (χ1n) is 7.85. The second-order valence-electron chi connectivity index (χ2n) is 3.93. The Morgan fingerprint density at radius 3 is 2.00 bits per heavy atom. The van der Waals surface area contributed by atoms with Gasteiger partial charge in [-0.2, -0.15) is 0 Å². The van der Waals surface area contributed by atoms with Gasteiger partial charge in [0.15, 0.2) is 8.38 Å². The standard InChI is InChI=1S/C12H17O2P.C2H6O.2C2H6/c1-9-5-6-12(10(2)7-9)11(3)8-15(13)14-4;1-2-3;2*1-2/h5-8,13H,1-4H3;3H,2H2,1H3;2*1-2H3/b11-8+;;;. The molecule has 1 atom stereocenters. The van der Waals surface area contributed by atoms with Crippen molar-refractivity contribution in [3.8, 4) is 0 Å². The molecule has 4 heteroatoms. The molecule has 1 aromatic carbocycles. The van der Waals surface area contributed by atoms with Crippen molar-refractivity contribution in [1.29, 1.82) is 0 Å². The van der Waals surface area contributed by atoms with E-state index in [1.54, 1.807) is 12.7 Å². The highest BCUT2D eigenvalue weighted by Gasteiger charge is 2.04. The molecular formula is C18H35O3P. The Labute approximate surface area is 139 Å². The van der Waals surface area contributed by atoms with Crippen molar-refractivity contribution in [3.63, 3.8) is 0 Å². The van der Waals surface area contributed by atoms with Crippen molar-refractivity contribution < 1.29 is 14.5 Å². The van der Waals surface area contributed by atoms with Gasteiger partial charge in [0.2, 0.25) is 0 Å². The largest absolute Gasteiger partial charge is 0.397 e. The third-order valence-electron chi connectivity index (χ3n) is 2.30. The first kappa shape index (κ1) is 26.2. The van der Waals surface area contributed by atoms with Crippen molar-refractivity contribution >= 4 is 13.9 Å². The molecule has 0 radical (unpaired) electrons. The molecule has 0 fully saturated rings. The van der Waals surface area contributed by atoms with Gasteiger partial charge in [-0.3, -0.25) is 0 Å². The van der Waals surface area contributed by atoms with Crippen LogP contribution in [0.2, 0.25) is 0 Å². The molecule has 0 aromatic heterocycles. The summed E-state index contributed by atoms with van der Waals surface area (Å²) in [6.07, 6.45) is 0. The van der Waals surface area contributed by atoms with Gasteiger partial charge in [-0.25, -0.2) is 0 Å². The lowest BCUT2D eigenvalue weighted by Crippen LogP contribution is -1.87. The minimum absolute atomic E-state index is 0.250. The smallest absolute Gasteiger partial charge is 0.194 e. The fourth-order valence-electron chi connectivity index (χ4n) is 1.54. The lowest BCUT2D eigenvalue weighted by atomic mass is 10.0. The molecule has 0 saturated carbocycles. The van der Waals surface area contributed by atoms with Crippen molar-refractivity contribution in [2.24, 2.45) is 0 Å². The van der Waals surface area contributed by atoms with Gasteiger partial charge >= 0.3 is 0 Å². The van der Waals surface area contributed by atoms with Crippen LogP contribution in [-0.4, -0.2) is 23.7 Å². The van der Waals surface area contributed by atoms with Gasteiger partial charge in [-0.1, -0.05) is 51.5 Å². The number of aryl methyl sites for hydroxylation is 2. The van der Waals surface area contributed by atoms with Crippen LogP contribution in [0.4, 0.5) is 0 Å². The number of benzene rings is 1. The number of hydrogen-bond acceptors (Lipinski definition) is 3. The maximum atomic E-state index is 9.40. The average molecular weight is 330 g/mol. The van der Waals surface area contributed by atoms with E-state index < -0.39 is 8.38 Å². The Kier molecular flexibility index (Phi) is 21.8. The van der Waals surface area contributed by atoms with E-state index in [9.17, 15) is 4.89 Å². The molecular weight excluding hydrogens is 295 g/mol. The van der Waals surface area contributed by atoms with Crippen LogP contribution in [0.15, 0.2) is 24.0 Å². The van der Waals surface area contributed by atoms with E-state index in [0.29, 0.717) is 0 Å². The van der Waals surface area contributed by atoms with Crippen molar-refractivity contribution in [2.75, 3.05) is 13.7 Å². The van der Waals surface area contributed by atoms with Crippen LogP contribution in [0.3, 0.4) is 0 Å². The molecule has 0 aliphatic carbocycles. The predicted octanol–water partition coefficient (Wildman–Crippen LogP) is 5.67. The Hall–Kier alpha value is -0.730. The molecule has 2 N–H and O–H groups in total. The zero-order valence-electron chi connectivity index (χ0n) is 15.8. The summed E-state index contributed by atoms with van der Waals surface area (Å²) in [5, 5.41) is 7.57. The normalized spacial score (nSPS) is 11.0. The van der Waals surface area contributed by atoms with E-state index in [0.717, 1.165) is 5.57 Å². The van der Waals surface area contributed by atoms with E-state index in [4.69, 9.17) is 9.63 Å². The third kappa shape index (κ3) is 13.0. The van der Waals surface area contributed by atoms with E-state index in [2.05, 4.69) is 32.0 Å². The summed E-state index contributed by atoms with van der Waals surface area (Å²) in [5.41, 5.74) is 4.70. The molecule has 0 aliphatic heterocycles. The molecule has 0 aliphatic rings. The fourth-order valence-corrected chi connectivity index (χ4v) is 2.12. The van der Waals surface area contributed by atoms with Crippen molar-refractivity contribution in [2.45, 2.75) is 55.4 Å². The number of aliphatic hydroxyl groups is 1. The summed E-state index contributed by atoms with van der Waals surface area (Å²) >= 11 is 0. The zero-order chi connectivity index (χ0) is 18.1. The highest BCUT2D eigenvalue weighted by molar-refractivity contribution is 7.50. The zero-order valence-corrected chi connectivity index (χ0v) is 16.7. The van der Waals surface area contributed by atoms with Crippen LogP contribution in [-0.2, 0) is 4.52 Å².